The van der Waals surface area contributed by atoms with Crippen LogP contribution in [0.5, 0.6) is 0 Å². The van der Waals surface area contributed by atoms with Crippen molar-refractivity contribution in [2.45, 2.75) is 0 Å². The summed E-state index contributed by atoms with van der Waals surface area (Å²) >= 11 is 5.62. The highest BCUT2D eigenvalue weighted by molar-refractivity contribution is 6.31. The van der Waals surface area contributed by atoms with Crippen LogP contribution in [0.3, 0.4) is 0 Å². The van der Waals surface area contributed by atoms with Crippen molar-refractivity contribution in [1.29, 1.82) is 0 Å². The van der Waals surface area contributed by atoms with E-state index in [0.29, 0.717) is 10.7 Å². The van der Waals surface area contributed by atoms with Gasteiger partial charge < -0.3 is 0 Å². The molecule has 46 valence electrons. The van der Waals surface area contributed by atoms with Crippen LogP contribution < -0.4 is 0 Å². The molecular weight excluding hydrogens is 136 g/mol. The molecule has 2 nitrogen and oxygen atoms in total. The van der Waals surface area contributed by atoms with Gasteiger partial charge in [0, 0.05) is 13.2 Å². The molecule has 3 heteroatoms. The standard InChI is InChI=1S/C6H5ClN2/c1-3-6-5(7)4-9(2)8-6/h1,4H,2H3. The lowest BCUT2D eigenvalue weighted by Gasteiger charge is -1.79. The van der Waals surface area contributed by atoms with E-state index in [-0.39, 0.29) is 0 Å². The van der Waals surface area contributed by atoms with E-state index in [0.717, 1.165) is 0 Å². The van der Waals surface area contributed by atoms with Gasteiger partial charge in [-0.1, -0.05) is 11.6 Å². The maximum Gasteiger partial charge on any atom is 0.153 e. The molecule has 9 heavy (non-hydrogen) atoms. The minimum absolute atomic E-state index is 0.499. The molecule has 0 atom stereocenters. The highest BCUT2D eigenvalue weighted by Gasteiger charge is 1.98. The maximum atomic E-state index is 5.62. The zero-order chi connectivity index (χ0) is 6.85. The van der Waals surface area contributed by atoms with E-state index in [9.17, 15) is 0 Å². The van der Waals surface area contributed by atoms with E-state index in [1.807, 2.05) is 0 Å². The van der Waals surface area contributed by atoms with Crippen molar-refractivity contribution < 1.29 is 0 Å². The van der Waals surface area contributed by atoms with E-state index in [1.165, 1.54) is 0 Å². The molecule has 0 spiro atoms. The molecule has 0 radical (unpaired) electrons. The maximum absolute atomic E-state index is 5.62. The number of terminal acetylenes is 1. The molecule has 0 saturated carbocycles. The fourth-order valence-electron chi connectivity index (χ4n) is 0.557. The summed E-state index contributed by atoms with van der Waals surface area (Å²) < 4.78 is 1.58. The van der Waals surface area contributed by atoms with Gasteiger partial charge in [-0.2, -0.15) is 5.10 Å². The summed E-state index contributed by atoms with van der Waals surface area (Å²) in [5.41, 5.74) is 0.499. The van der Waals surface area contributed by atoms with E-state index in [2.05, 4.69) is 11.0 Å². The minimum atomic E-state index is 0.499. The molecule has 0 saturated heterocycles. The van der Waals surface area contributed by atoms with Crippen molar-refractivity contribution >= 4 is 11.6 Å². The predicted molar refractivity (Wildman–Crippen MR) is 36.2 cm³/mol. The second-order valence-corrected chi connectivity index (χ2v) is 2.05. The van der Waals surface area contributed by atoms with Gasteiger partial charge in [0.25, 0.3) is 0 Å². The Bertz CT molecular complexity index is 257. The number of halogens is 1. The SMILES string of the molecule is C#Cc1nn(C)cc1Cl. The Hall–Kier alpha value is -0.940. The molecule has 0 N–H and O–H groups in total. The van der Waals surface area contributed by atoms with Gasteiger partial charge in [-0.15, -0.1) is 6.42 Å². The van der Waals surface area contributed by atoms with E-state index < -0.39 is 0 Å². The zero-order valence-corrected chi connectivity index (χ0v) is 5.68. The summed E-state index contributed by atoms with van der Waals surface area (Å²) in [4.78, 5) is 0. The summed E-state index contributed by atoms with van der Waals surface area (Å²) in [6, 6.07) is 0. The molecule has 0 aliphatic rings. The first-order valence-electron chi connectivity index (χ1n) is 2.40. The molecule has 1 aromatic heterocycles. The molecule has 0 bridgehead atoms. The first-order chi connectivity index (χ1) is 4.24. The molecule has 1 rings (SSSR count). The Balaban J connectivity index is 3.20. The number of nitrogens with zero attached hydrogens (tertiary/aromatic N) is 2. The second-order valence-electron chi connectivity index (χ2n) is 1.64. The van der Waals surface area contributed by atoms with Gasteiger partial charge in [0.1, 0.15) is 0 Å². The number of aromatic nitrogens is 2. The van der Waals surface area contributed by atoms with E-state index >= 15 is 0 Å². The van der Waals surface area contributed by atoms with E-state index in [1.54, 1.807) is 17.9 Å². The molecule has 0 aromatic carbocycles. The Kier molecular flexibility index (Phi) is 1.46. The van der Waals surface area contributed by atoms with Crippen LogP contribution in [0.1, 0.15) is 5.69 Å². The van der Waals surface area contributed by atoms with Crippen molar-refractivity contribution in [3.8, 4) is 12.3 Å². The highest BCUT2D eigenvalue weighted by atomic mass is 35.5. The molecule has 1 heterocycles. The summed E-state index contributed by atoms with van der Waals surface area (Å²) in [7, 11) is 1.77. The molecule has 0 aliphatic heterocycles. The molecule has 0 amide bonds. The molecule has 0 fully saturated rings. The summed E-state index contributed by atoms with van der Waals surface area (Å²) in [6.07, 6.45) is 6.72. The lowest BCUT2D eigenvalue weighted by molar-refractivity contribution is 0.764. The first-order valence-corrected chi connectivity index (χ1v) is 2.77. The number of aryl methyl sites for hydroxylation is 1. The number of hydrogen-bond donors (Lipinski definition) is 0. The Morgan fingerprint density at radius 2 is 2.56 bits per heavy atom. The fraction of sp³-hybridized carbons (Fsp3) is 0.167. The van der Waals surface area contributed by atoms with Gasteiger partial charge in [0.2, 0.25) is 0 Å². The average molecular weight is 141 g/mol. The third-order valence-corrected chi connectivity index (χ3v) is 1.20. The van der Waals surface area contributed by atoms with Gasteiger partial charge in [-0.25, -0.2) is 0 Å². The molecule has 1 aromatic rings. The van der Waals surface area contributed by atoms with Crippen LogP contribution in [0.4, 0.5) is 0 Å². The zero-order valence-electron chi connectivity index (χ0n) is 4.93. The van der Waals surface area contributed by atoms with Gasteiger partial charge in [-0.3, -0.25) is 4.68 Å². The smallest absolute Gasteiger partial charge is 0.153 e. The van der Waals surface area contributed by atoms with Crippen molar-refractivity contribution in [2.24, 2.45) is 7.05 Å². The summed E-state index contributed by atoms with van der Waals surface area (Å²) in [5.74, 6) is 2.35. The normalized spacial score (nSPS) is 9.00. The third-order valence-electron chi connectivity index (χ3n) is 0.921. The van der Waals surface area contributed by atoms with Gasteiger partial charge in [0.15, 0.2) is 5.69 Å². The van der Waals surface area contributed by atoms with Gasteiger partial charge in [-0.05, 0) is 5.92 Å². The molecule has 0 aliphatic carbocycles. The average Bonchev–Trinajstić information content (AvgIpc) is 2.10. The number of hydrogen-bond acceptors (Lipinski definition) is 1. The van der Waals surface area contributed by atoms with Crippen LogP contribution in [0.15, 0.2) is 6.20 Å². The van der Waals surface area contributed by atoms with Crippen molar-refractivity contribution in [1.82, 2.24) is 9.78 Å². The lowest BCUT2D eigenvalue weighted by atomic mass is 10.5. The van der Waals surface area contributed by atoms with Crippen LogP contribution in [0.2, 0.25) is 5.02 Å². The van der Waals surface area contributed by atoms with E-state index in [4.69, 9.17) is 18.0 Å². The Labute approximate surface area is 58.4 Å². The summed E-state index contributed by atoms with van der Waals surface area (Å²) in [5, 5.41) is 4.41. The van der Waals surface area contributed by atoms with Crippen LogP contribution >= 0.6 is 11.6 Å². The second kappa shape index (κ2) is 2.12. The predicted octanol–water partition coefficient (Wildman–Crippen LogP) is 1.05. The van der Waals surface area contributed by atoms with Crippen LogP contribution in [-0.2, 0) is 7.05 Å². The quantitative estimate of drug-likeness (QED) is 0.493. The monoisotopic (exact) mass is 140 g/mol. The van der Waals surface area contributed by atoms with Crippen molar-refractivity contribution in [3.63, 3.8) is 0 Å². The van der Waals surface area contributed by atoms with Crippen LogP contribution in [-0.4, -0.2) is 9.78 Å². The molecular formula is C6H5ClN2. The third kappa shape index (κ3) is 1.06. The highest BCUT2D eigenvalue weighted by Crippen LogP contribution is 2.10. The Morgan fingerprint density at radius 3 is 2.78 bits per heavy atom. The summed E-state index contributed by atoms with van der Waals surface area (Å²) in [6.45, 7) is 0. The Morgan fingerprint density at radius 1 is 1.89 bits per heavy atom. The largest absolute Gasteiger partial charge is 0.273 e. The number of rotatable bonds is 0. The van der Waals surface area contributed by atoms with Crippen molar-refractivity contribution in [2.75, 3.05) is 0 Å². The topological polar surface area (TPSA) is 17.8 Å². The molecule has 0 unspecified atom stereocenters. The van der Waals surface area contributed by atoms with Gasteiger partial charge >= 0.3 is 0 Å². The first kappa shape index (κ1) is 6.18. The minimum Gasteiger partial charge on any atom is -0.273 e. The van der Waals surface area contributed by atoms with Crippen LogP contribution in [0, 0.1) is 12.3 Å². The van der Waals surface area contributed by atoms with Crippen molar-refractivity contribution in [3.05, 3.63) is 16.9 Å². The van der Waals surface area contributed by atoms with Gasteiger partial charge in [0.05, 0.1) is 5.02 Å². The fourth-order valence-corrected chi connectivity index (χ4v) is 0.791. The lowest BCUT2D eigenvalue weighted by Crippen LogP contribution is -1.86. The van der Waals surface area contributed by atoms with Crippen LogP contribution in [0.25, 0.3) is 0 Å².